The van der Waals surface area contributed by atoms with Crippen LogP contribution in [0, 0.1) is 24.2 Å². The van der Waals surface area contributed by atoms with E-state index in [0.29, 0.717) is 25.5 Å². The number of nitriles is 1. The Hall–Kier alpha value is -2.28. The van der Waals surface area contributed by atoms with Crippen LogP contribution in [0.5, 0.6) is 0 Å². The first-order valence-corrected chi connectivity index (χ1v) is 9.59. The van der Waals surface area contributed by atoms with Crippen molar-refractivity contribution in [3.05, 3.63) is 5.82 Å². The van der Waals surface area contributed by atoms with Gasteiger partial charge >= 0.3 is 5.97 Å². The van der Waals surface area contributed by atoms with E-state index >= 15 is 0 Å². The summed E-state index contributed by atoms with van der Waals surface area (Å²) < 4.78 is 4.94. The van der Waals surface area contributed by atoms with Gasteiger partial charge in [0.25, 0.3) is 0 Å². The van der Waals surface area contributed by atoms with Crippen molar-refractivity contribution in [2.45, 2.75) is 44.2 Å². The molecule has 2 N–H and O–H groups in total. The zero-order valence-electron chi connectivity index (χ0n) is 15.2. The van der Waals surface area contributed by atoms with Crippen molar-refractivity contribution in [1.82, 2.24) is 20.1 Å². The summed E-state index contributed by atoms with van der Waals surface area (Å²) in [5.74, 6) is -0.117. The number of rotatable bonds is 9. The lowest BCUT2D eigenvalue weighted by Gasteiger charge is -2.23. The van der Waals surface area contributed by atoms with Crippen LogP contribution in [0.25, 0.3) is 0 Å². The van der Waals surface area contributed by atoms with Crippen LogP contribution in [0.1, 0.15) is 32.5 Å². The minimum Gasteiger partial charge on any atom is -0.465 e. The predicted molar refractivity (Wildman–Crippen MR) is 97.1 cm³/mol. The summed E-state index contributed by atoms with van der Waals surface area (Å²) in [6.45, 7) is 6.76. The molecule has 26 heavy (non-hydrogen) atoms. The van der Waals surface area contributed by atoms with E-state index in [1.807, 2.05) is 19.9 Å². The number of aromatic nitrogens is 3. The maximum absolute atomic E-state index is 12.6. The first kappa shape index (κ1) is 20.0. The molecule has 1 aliphatic heterocycles. The van der Waals surface area contributed by atoms with Gasteiger partial charge in [0.15, 0.2) is 0 Å². The largest absolute Gasteiger partial charge is 0.465 e. The van der Waals surface area contributed by atoms with Gasteiger partial charge in [-0.15, -0.1) is 16.9 Å². The third-order valence-electron chi connectivity index (χ3n) is 4.02. The van der Waals surface area contributed by atoms with Crippen LogP contribution in [-0.4, -0.2) is 62.3 Å². The van der Waals surface area contributed by atoms with Gasteiger partial charge in [-0.1, -0.05) is 0 Å². The number of thioether (sulfide) groups is 1. The smallest absolute Gasteiger partial charge is 0.323 e. The number of hydrogen-bond acceptors (Lipinski definition) is 8. The highest BCUT2D eigenvalue weighted by Gasteiger charge is 2.41. The first-order valence-electron chi connectivity index (χ1n) is 8.65. The van der Waals surface area contributed by atoms with Crippen molar-refractivity contribution < 1.29 is 14.3 Å². The van der Waals surface area contributed by atoms with Crippen LogP contribution in [0.3, 0.4) is 0 Å². The molecule has 1 saturated heterocycles. The number of ether oxygens (including phenoxy) is 1. The summed E-state index contributed by atoms with van der Waals surface area (Å²) in [6, 6.07) is 2.00. The molecule has 1 aromatic heterocycles. The van der Waals surface area contributed by atoms with Crippen molar-refractivity contribution in [2.24, 2.45) is 5.92 Å². The van der Waals surface area contributed by atoms with Gasteiger partial charge in [-0.05, 0) is 27.2 Å². The molecule has 1 fully saturated rings. The standard InChI is InChI=1S/C16H24N6O3S/c1-4-22-13(8-11(9-17)15(24)25-5-2)26-12(14(22)23)6-7-18-16-19-10(3)20-21-16/h11-13H,4-8H2,1-3H3,(H2,18,19,20,21). The topological polar surface area (TPSA) is 124 Å². The third-order valence-corrected chi connectivity index (χ3v) is 5.55. The number of amides is 1. The minimum absolute atomic E-state index is 0.0380. The summed E-state index contributed by atoms with van der Waals surface area (Å²) in [5, 5.41) is 18.7. The molecular weight excluding hydrogens is 356 g/mol. The zero-order valence-corrected chi connectivity index (χ0v) is 16.0. The van der Waals surface area contributed by atoms with E-state index in [1.165, 1.54) is 11.8 Å². The SMILES string of the molecule is CCOC(=O)C(C#N)CC1SC(CCNc2n[nH]c(C)n2)C(=O)N1CC. The Kier molecular flexibility index (Phi) is 7.26. The summed E-state index contributed by atoms with van der Waals surface area (Å²) in [7, 11) is 0. The molecule has 1 aliphatic rings. The summed E-state index contributed by atoms with van der Waals surface area (Å²) in [6.07, 6.45) is 0.893. The van der Waals surface area contributed by atoms with E-state index in [4.69, 9.17) is 4.74 Å². The van der Waals surface area contributed by atoms with Crippen LogP contribution in [-0.2, 0) is 14.3 Å². The quantitative estimate of drug-likeness (QED) is 0.614. The second-order valence-corrected chi connectivity index (χ2v) is 7.22. The average molecular weight is 380 g/mol. The van der Waals surface area contributed by atoms with Gasteiger partial charge in [0.05, 0.1) is 23.3 Å². The first-order chi connectivity index (χ1) is 12.5. The summed E-state index contributed by atoms with van der Waals surface area (Å²) in [4.78, 5) is 30.4. The molecule has 10 heteroatoms. The maximum atomic E-state index is 12.6. The monoisotopic (exact) mass is 380 g/mol. The predicted octanol–water partition coefficient (Wildman–Crippen LogP) is 1.30. The Morgan fingerprint density at radius 1 is 1.54 bits per heavy atom. The molecule has 142 valence electrons. The molecule has 0 saturated carbocycles. The molecule has 2 heterocycles. The van der Waals surface area contributed by atoms with E-state index in [2.05, 4.69) is 20.5 Å². The maximum Gasteiger partial charge on any atom is 0.323 e. The normalized spacial score (nSPS) is 20.7. The van der Waals surface area contributed by atoms with E-state index in [-0.39, 0.29) is 29.6 Å². The fourth-order valence-electron chi connectivity index (χ4n) is 2.76. The van der Waals surface area contributed by atoms with Crippen LogP contribution in [0.15, 0.2) is 0 Å². The molecule has 1 amide bonds. The number of carbonyl (C=O) groups excluding carboxylic acids is 2. The number of aromatic amines is 1. The van der Waals surface area contributed by atoms with Crippen molar-refractivity contribution in [3.63, 3.8) is 0 Å². The summed E-state index contributed by atoms with van der Waals surface area (Å²) >= 11 is 1.50. The van der Waals surface area contributed by atoms with Gasteiger partial charge in [-0.2, -0.15) is 10.2 Å². The van der Waals surface area contributed by atoms with Gasteiger partial charge in [0, 0.05) is 19.5 Å². The number of anilines is 1. The molecule has 2 rings (SSSR count). The Bertz CT molecular complexity index is 673. The zero-order chi connectivity index (χ0) is 19.1. The molecule has 9 nitrogen and oxygen atoms in total. The second kappa shape index (κ2) is 9.43. The van der Waals surface area contributed by atoms with E-state index in [0.717, 1.165) is 5.82 Å². The number of aryl methyl sites for hydroxylation is 1. The van der Waals surface area contributed by atoms with Crippen molar-refractivity contribution in [3.8, 4) is 6.07 Å². The third kappa shape index (κ3) is 4.88. The number of hydrogen-bond donors (Lipinski definition) is 2. The summed E-state index contributed by atoms with van der Waals surface area (Å²) in [5.41, 5.74) is 0. The molecule has 0 bridgehead atoms. The van der Waals surface area contributed by atoms with E-state index in [9.17, 15) is 14.9 Å². The van der Waals surface area contributed by atoms with Crippen LogP contribution in [0.4, 0.5) is 5.95 Å². The van der Waals surface area contributed by atoms with Crippen molar-refractivity contribution in [1.29, 1.82) is 5.26 Å². The number of carbonyl (C=O) groups is 2. The highest BCUT2D eigenvalue weighted by molar-refractivity contribution is 8.01. The second-order valence-electron chi connectivity index (χ2n) is 5.83. The van der Waals surface area contributed by atoms with Gasteiger partial charge in [-0.3, -0.25) is 14.7 Å². The molecule has 0 spiro atoms. The van der Waals surface area contributed by atoms with Gasteiger partial charge in [0.2, 0.25) is 11.9 Å². The number of H-pyrrole nitrogens is 1. The van der Waals surface area contributed by atoms with E-state index < -0.39 is 11.9 Å². The molecule has 0 aromatic carbocycles. The molecule has 3 unspecified atom stereocenters. The van der Waals surface area contributed by atoms with Gasteiger partial charge in [-0.25, -0.2) is 0 Å². The average Bonchev–Trinajstić information content (AvgIpc) is 3.16. The molecule has 0 aliphatic carbocycles. The Labute approximate surface area is 156 Å². The van der Waals surface area contributed by atoms with Crippen LogP contribution in [0.2, 0.25) is 0 Å². The lowest BCUT2D eigenvalue weighted by molar-refractivity contribution is -0.146. The van der Waals surface area contributed by atoms with Crippen molar-refractivity contribution in [2.75, 3.05) is 25.0 Å². The molecule has 1 aromatic rings. The molecule has 3 atom stereocenters. The van der Waals surface area contributed by atoms with Gasteiger partial charge < -0.3 is 15.0 Å². The Morgan fingerprint density at radius 2 is 2.31 bits per heavy atom. The Balaban J connectivity index is 1.91. The highest BCUT2D eigenvalue weighted by atomic mass is 32.2. The Morgan fingerprint density at radius 3 is 2.88 bits per heavy atom. The van der Waals surface area contributed by atoms with Crippen LogP contribution >= 0.6 is 11.8 Å². The lowest BCUT2D eigenvalue weighted by Crippen LogP contribution is -2.36. The number of esters is 1. The van der Waals surface area contributed by atoms with Crippen molar-refractivity contribution >= 4 is 29.6 Å². The molecular formula is C16H24N6O3S. The highest BCUT2D eigenvalue weighted by Crippen LogP contribution is 2.37. The lowest BCUT2D eigenvalue weighted by atomic mass is 10.1. The van der Waals surface area contributed by atoms with E-state index in [1.54, 1.807) is 11.8 Å². The van der Waals surface area contributed by atoms with Crippen LogP contribution < -0.4 is 5.32 Å². The number of nitrogens with zero attached hydrogens (tertiary/aromatic N) is 4. The minimum atomic E-state index is -0.859. The fourth-order valence-corrected chi connectivity index (χ4v) is 4.35. The van der Waals surface area contributed by atoms with Gasteiger partial charge in [0.1, 0.15) is 11.7 Å². The fraction of sp³-hybridized carbons (Fsp3) is 0.688. The molecule has 0 radical (unpaired) electrons. The number of nitrogens with one attached hydrogen (secondary N) is 2.